The van der Waals surface area contributed by atoms with Crippen LogP contribution in [0.1, 0.15) is 37.2 Å². The normalized spacial score (nSPS) is 19.1. The van der Waals surface area contributed by atoms with Crippen molar-refractivity contribution in [1.29, 1.82) is 0 Å². The molecule has 0 amide bonds. The zero-order chi connectivity index (χ0) is 16.2. The van der Waals surface area contributed by atoms with Gasteiger partial charge >= 0.3 is 5.97 Å². The highest BCUT2D eigenvalue weighted by Crippen LogP contribution is 2.26. The van der Waals surface area contributed by atoms with Gasteiger partial charge in [0, 0.05) is 25.2 Å². The van der Waals surface area contributed by atoms with Crippen molar-refractivity contribution < 1.29 is 9.90 Å². The molecule has 1 saturated heterocycles. The Morgan fingerprint density at radius 3 is 3.13 bits per heavy atom. The number of aliphatic carboxylic acids is 1. The molecule has 3 rings (SSSR count). The third-order valence-electron chi connectivity index (χ3n) is 4.28. The van der Waals surface area contributed by atoms with Crippen molar-refractivity contribution in [2.24, 2.45) is 0 Å². The van der Waals surface area contributed by atoms with E-state index in [2.05, 4.69) is 31.7 Å². The van der Waals surface area contributed by atoms with Crippen molar-refractivity contribution in [2.45, 2.75) is 45.3 Å². The maximum Gasteiger partial charge on any atom is 0.325 e. The highest BCUT2D eigenvalue weighted by molar-refractivity contribution is 5.66. The van der Waals surface area contributed by atoms with E-state index in [-0.39, 0.29) is 6.54 Å². The summed E-state index contributed by atoms with van der Waals surface area (Å²) in [4.78, 5) is 13.1. The van der Waals surface area contributed by atoms with E-state index in [9.17, 15) is 4.79 Å². The molecule has 1 aliphatic heterocycles. The molecular formula is C15H22N6O2. The van der Waals surface area contributed by atoms with Gasteiger partial charge in [0.25, 0.3) is 0 Å². The van der Waals surface area contributed by atoms with Gasteiger partial charge in [0.15, 0.2) is 0 Å². The Bertz CT molecular complexity index is 664. The van der Waals surface area contributed by atoms with Crippen LogP contribution in [-0.2, 0) is 24.4 Å². The zero-order valence-corrected chi connectivity index (χ0v) is 13.3. The number of nitrogens with zero attached hydrogens (tertiary/aromatic N) is 6. The van der Waals surface area contributed by atoms with E-state index in [1.807, 2.05) is 6.07 Å². The second kappa shape index (κ2) is 6.91. The molecule has 124 valence electrons. The third-order valence-corrected chi connectivity index (χ3v) is 4.28. The minimum absolute atomic E-state index is 0.0873. The number of aryl methyl sites for hydroxylation is 1. The van der Waals surface area contributed by atoms with Crippen LogP contribution in [0, 0.1) is 0 Å². The largest absolute Gasteiger partial charge is 0.480 e. The van der Waals surface area contributed by atoms with Crippen molar-refractivity contribution in [3.8, 4) is 0 Å². The molecule has 8 nitrogen and oxygen atoms in total. The molecule has 0 aromatic carbocycles. The fourth-order valence-electron chi connectivity index (χ4n) is 3.13. The van der Waals surface area contributed by atoms with Gasteiger partial charge in [0.1, 0.15) is 18.7 Å². The van der Waals surface area contributed by atoms with Crippen molar-refractivity contribution in [3.63, 3.8) is 0 Å². The lowest BCUT2D eigenvalue weighted by Crippen LogP contribution is -2.35. The lowest BCUT2D eigenvalue weighted by molar-refractivity contribution is -0.137. The van der Waals surface area contributed by atoms with E-state index in [1.165, 1.54) is 4.68 Å². The molecule has 0 spiro atoms. The molecule has 3 heterocycles. The maximum atomic E-state index is 10.8. The van der Waals surface area contributed by atoms with Gasteiger partial charge in [-0.25, -0.2) is 0 Å². The van der Waals surface area contributed by atoms with E-state index in [0.29, 0.717) is 5.92 Å². The topological polar surface area (TPSA) is 89.1 Å². The van der Waals surface area contributed by atoms with E-state index < -0.39 is 5.97 Å². The molecule has 2 aromatic rings. The smallest absolute Gasteiger partial charge is 0.325 e. The molecule has 2 aromatic heterocycles. The Balaban J connectivity index is 1.64. The SMILES string of the molecule is CCn1cnnc1CN1CCC[C@H](c2ccn(CC(=O)O)n2)C1. The highest BCUT2D eigenvalue weighted by atomic mass is 16.4. The van der Waals surface area contributed by atoms with Crippen molar-refractivity contribution in [3.05, 3.63) is 30.1 Å². The summed E-state index contributed by atoms with van der Waals surface area (Å²) < 4.78 is 3.55. The Morgan fingerprint density at radius 2 is 2.35 bits per heavy atom. The lowest BCUT2D eigenvalue weighted by Gasteiger charge is -2.31. The highest BCUT2D eigenvalue weighted by Gasteiger charge is 2.24. The summed E-state index contributed by atoms with van der Waals surface area (Å²) in [6.45, 7) is 5.62. The van der Waals surface area contributed by atoms with Gasteiger partial charge in [-0.3, -0.25) is 14.4 Å². The molecule has 1 fully saturated rings. The first-order valence-electron chi connectivity index (χ1n) is 8.00. The Morgan fingerprint density at radius 1 is 1.48 bits per heavy atom. The monoisotopic (exact) mass is 318 g/mol. The number of carbonyl (C=O) groups is 1. The second-order valence-corrected chi connectivity index (χ2v) is 5.94. The van der Waals surface area contributed by atoms with Crippen LogP contribution in [0.5, 0.6) is 0 Å². The number of aromatic nitrogens is 5. The molecular weight excluding hydrogens is 296 g/mol. The van der Waals surface area contributed by atoms with Crippen LogP contribution in [0.25, 0.3) is 0 Å². The maximum absolute atomic E-state index is 10.8. The van der Waals surface area contributed by atoms with Crippen LogP contribution in [0.4, 0.5) is 0 Å². The van der Waals surface area contributed by atoms with Crippen LogP contribution in [-0.4, -0.2) is 53.6 Å². The average molecular weight is 318 g/mol. The van der Waals surface area contributed by atoms with Crippen molar-refractivity contribution in [1.82, 2.24) is 29.4 Å². The molecule has 1 aliphatic rings. The van der Waals surface area contributed by atoms with E-state index in [0.717, 1.165) is 50.5 Å². The van der Waals surface area contributed by atoms with E-state index in [1.54, 1.807) is 12.5 Å². The summed E-state index contributed by atoms with van der Waals surface area (Å²) in [6.07, 6.45) is 5.71. The molecule has 1 N–H and O–H groups in total. The number of rotatable bonds is 6. The average Bonchev–Trinajstić information content (AvgIpc) is 3.16. The fourth-order valence-corrected chi connectivity index (χ4v) is 3.13. The molecule has 0 bridgehead atoms. The van der Waals surface area contributed by atoms with E-state index in [4.69, 9.17) is 5.11 Å². The third kappa shape index (κ3) is 3.76. The van der Waals surface area contributed by atoms with Crippen LogP contribution in [0.3, 0.4) is 0 Å². The first kappa shape index (κ1) is 15.7. The number of piperidine rings is 1. The standard InChI is InChI=1S/C15H22N6O2/c1-2-20-11-16-17-14(20)9-19-6-3-4-12(8-19)13-5-7-21(18-13)10-15(22)23/h5,7,11-12H,2-4,6,8-10H2,1H3,(H,22,23)/t12-/m0/s1. The number of likely N-dealkylation sites (tertiary alicyclic amines) is 1. The minimum Gasteiger partial charge on any atom is -0.480 e. The van der Waals surface area contributed by atoms with Gasteiger partial charge in [0.05, 0.1) is 12.2 Å². The van der Waals surface area contributed by atoms with Crippen LogP contribution < -0.4 is 0 Å². The van der Waals surface area contributed by atoms with Gasteiger partial charge in [-0.1, -0.05) is 0 Å². The van der Waals surface area contributed by atoms with Crippen LogP contribution in [0.15, 0.2) is 18.6 Å². The summed E-state index contributed by atoms with van der Waals surface area (Å²) in [5.74, 6) is 0.463. The molecule has 8 heteroatoms. The lowest BCUT2D eigenvalue weighted by atomic mass is 9.95. The number of carboxylic acids is 1. The summed E-state index contributed by atoms with van der Waals surface area (Å²) in [5, 5.41) is 21.4. The summed E-state index contributed by atoms with van der Waals surface area (Å²) in [6, 6.07) is 1.94. The van der Waals surface area contributed by atoms with Gasteiger partial charge in [-0.2, -0.15) is 5.10 Å². The van der Waals surface area contributed by atoms with Crippen LogP contribution >= 0.6 is 0 Å². The summed E-state index contributed by atoms with van der Waals surface area (Å²) >= 11 is 0. The summed E-state index contributed by atoms with van der Waals surface area (Å²) in [7, 11) is 0. The van der Waals surface area contributed by atoms with Crippen molar-refractivity contribution >= 4 is 5.97 Å². The molecule has 0 saturated carbocycles. The number of carboxylic acid groups (broad SMARTS) is 1. The molecule has 0 unspecified atom stereocenters. The predicted octanol–water partition coefficient (Wildman–Crippen LogP) is 0.959. The predicted molar refractivity (Wildman–Crippen MR) is 82.8 cm³/mol. The quantitative estimate of drug-likeness (QED) is 0.853. The minimum atomic E-state index is -0.871. The molecule has 23 heavy (non-hydrogen) atoms. The molecule has 0 aliphatic carbocycles. The first-order chi connectivity index (χ1) is 11.2. The fraction of sp³-hybridized carbons (Fsp3) is 0.600. The van der Waals surface area contributed by atoms with Gasteiger partial charge < -0.3 is 9.67 Å². The van der Waals surface area contributed by atoms with Crippen LogP contribution in [0.2, 0.25) is 0 Å². The van der Waals surface area contributed by atoms with Gasteiger partial charge in [0.2, 0.25) is 0 Å². The van der Waals surface area contributed by atoms with Crippen molar-refractivity contribution in [2.75, 3.05) is 13.1 Å². The molecule has 1 atom stereocenters. The Labute approximate surface area is 134 Å². The second-order valence-electron chi connectivity index (χ2n) is 5.94. The molecule has 0 radical (unpaired) electrons. The first-order valence-corrected chi connectivity index (χ1v) is 8.00. The van der Waals surface area contributed by atoms with Gasteiger partial charge in [-0.15, -0.1) is 10.2 Å². The summed E-state index contributed by atoms with van der Waals surface area (Å²) in [5.41, 5.74) is 0.980. The Hall–Kier alpha value is -2.22. The van der Waals surface area contributed by atoms with Gasteiger partial charge in [-0.05, 0) is 32.4 Å². The van der Waals surface area contributed by atoms with E-state index >= 15 is 0 Å². The zero-order valence-electron chi connectivity index (χ0n) is 13.3. The number of hydrogen-bond donors (Lipinski definition) is 1. The number of hydrogen-bond acceptors (Lipinski definition) is 5. The Kier molecular flexibility index (Phi) is 4.71.